The van der Waals surface area contributed by atoms with Gasteiger partial charge < -0.3 is 19.5 Å². The number of hydrogen-bond donors (Lipinski definition) is 1. The molecule has 3 atom stereocenters. The van der Waals surface area contributed by atoms with Crippen LogP contribution < -0.4 is 9.64 Å². The van der Waals surface area contributed by atoms with Crippen molar-refractivity contribution in [3.8, 4) is 24.1 Å². The molecule has 3 aromatic rings. The van der Waals surface area contributed by atoms with E-state index in [4.69, 9.17) is 25.9 Å². The minimum atomic E-state index is -0.448. The average Bonchev–Trinajstić information content (AvgIpc) is 3.48. The molecule has 0 spiro atoms. The first-order valence-electron chi connectivity index (χ1n) is 13.8. The Bertz CT molecular complexity index is 1470. The van der Waals surface area contributed by atoms with Gasteiger partial charge in [0, 0.05) is 36.3 Å². The molecule has 4 heterocycles. The van der Waals surface area contributed by atoms with Gasteiger partial charge in [-0.25, -0.2) is 9.37 Å². The lowest BCUT2D eigenvalue weighted by molar-refractivity contribution is 0.0518. The number of fused-ring (bicyclic) bond motifs is 3. The number of halogens is 1. The molecule has 3 unspecified atom stereocenters. The molecule has 0 aliphatic carbocycles. The molecule has 3 aliphatic rings. The van der Waals surface area contributed by atoms with Gasteiger partial charge in [0.1, 0.15) is 18.2 Å². The highest BCUT2D eigenvalue weighted by molar-refractivity contribution is 6.00. The lowest BCUT2D eigenvalue weighted by Gasteiger charge is -2.37. The Morgan fingerprint density at radius 1 is 1.26 bits per heavy atom. The van der Waals surface area contributed by atoms with Gasteiger partial charge in [-0.15, -0.1) is 6.42 Å². The van der Waals surface area contributed by atoms with Crippen molar-refractivity contribution in [2.45, 2.75) is 70.1 Å². The van der Waals surface area contributed by atoms with Gasteiger partial charge in [-0.1, -0.05) is 12.0 Å². The largest absolute Gasteiger partial charge is 0.508 e. The molecule has 2 fully saturated rings. The second-order valence-electron chi connectivity index (χ2n) is 11.3. The summed E-state index contributed by atoms with van der Waals surface area (Å²) < 4.78 is 26.5. The number of aryl methyl sites for hydroxylation is 1. The minimum Gasteiger partial charge on any atom is -0.508 e. The van der Waals surface area contributed by atoms with E-state index in [0.29, 0.717) is 41.7 Å². The first-order valence-corrected chi connectivity index (χ1v) is 13.8. The van der Waals surface area contributed by atoms with Crippen molar-refractivity contribution in [2.75, 3.05) is 31.8 Å². The second-order valence-corrected chi connectivity index (χ2v) is 11.3. The fourth-order valence-corrected chi connectivity index (χ4v) is 7.09. The Kier molecular flexibility index (Phi) is 6.60. The fourth-order valence-electron chi connectivity index (χ4n) is 7.09. The monoisotopic (exact) mass is 530 g/mol. The van der Waals surface area contributed by atoms with Gasteiger partial charge in [-0.3, -0.25) is 4.90 Å². The maximum atomic E-state index is 14.7. The number of nitrogens with zero attached hydrogens (tertiary/aromatic N) is 4. The summed E-state index contributed by atoms with van der Waals surface area (Å²) in [5.41, 5.74) is 3.84. The molecule has 0 radical (unpaired) electrons. The fraction of sp³-hybridized carbons (Fsp3) is 0.484. The topological polar surface area (TPSA) is 71.0 Å². The number of aromatic nitrogens is 2. The summed E-state index contributed by atoms with van der Waals surface area (Å²) in [7, 11) is 1.77. The lowest BCUT2D eigenvalue weighted by Crippen LogP contribution is -2.47. The van der Waals surface area contributed by atoms with Gasteiger partial charge in [0.05, 0.1) is 35.6 Å². The number of phenols is 1. The number of hydrogen-bond acceptors (Lipinski definition) is 7. The van der Waals surface area contributed by atoms with E-state index >= 15 is 0 Å². The first kappa shape index (κ1) is 25.8. The Morgan fingerprint density at radius 3 is 2.90 bits per heavy atom. The van der Waals surface area contributed by atoms with E-state index in [2.05, 4.69) is 22.6 Å². The Morgan fingerprint density at radius 2 is 2.10 bits per heavy atom. The van der Waals surface area contributed by atoms with Crippen molar-refractivity contribution in [1.29, 1.82) is 0 Å². The van der Waals surface area contributed by atoms with Crippen LogP contribution in [0.3, 0.4) is 0 Å². The third-order valence-corrected chi connectivity index (χ3v) is 8.98. The van der Waals surface area contributed by atoms with Crippen molar-refractivity contribution in [1.82, 2.24) is 14.9 Å². The third kappa shape index (κ3) is 4.38. The third-order valence-electron chi connectivity index (χ3n) is 8.98. The molecule has 7 nitrogen and oxygen atoms in total. The van der Waals surface area contributed by atoms with E-state index in [-0.39, 0.29) is 22.9 Å². The van der Waals surface area contributed by atoms with Crippen LogP contribution in [0, 0.1) is 25.1 Å². The van der Waals surface area contributed by atoms with Crippen molar-refractivity contribution < 1.29 is 19.0 Å². The normalized spacial score (nSPS) is 24.5. The van der Waals surface area contributed by atoms with E-state index in [9.17, 15) is 9.50 Å². The van der Waals surface area contributed by atoms with Gasteiger partial charge in [-0.05, 0) is 75.6 Å². The van der Waals surface area contributed by atoms with Crippen molar-refractivity contribution in [2.24, 2.45) is 0 Å². The van der Waals surface area contributed by atoms with Crippen LogP contribution in [0.1, 0.15) is 55.1 Å². The molecular formula is C31H35FN4O3. The first-order chi connectivity index (χ1) is 18.8. The number of ether oxygens (including phenoxy) is 2. The lowest BCUT2D eigenvalue weighted by atomic mass is 9.94. The summed E-state index contributed by atoms with van der Waals surface area (Å²) in [6.45, 7) is 6.99. The SMILES string of the molecule is C#Cc1c(F)ccc2cc(O)cc(N3Cc4nc(OCC56CCCN5C(COC)CC6)nc(C)c4CC3C)c12. The maximum Gasteiger partial charge on any atom is 0.316 e. The number of anilines is 1. The van der Waals surface area contributed by atoms with Crippen molar-refractivity contribution in [3.63, 3.8) is 0 Å². The van der Waals surface area contributed by atoms with E-state index in [1.807, 2.05) is 6.92 Å². The molecular weight excluding hydrogens is 495 g/mol. The number of benzene rings is 2. The quantitative estimate of drug-likeness (QED) is 0.462. The molecule has 2 saturated heterocycles. The predicted molar refractivity (Wildman–Crippen MR) is 149 cm³/mol. The van der Waals surface area contributed by atoms with Gasteiger partial charge >= 0.3 is 6.01 Å². The summed E-state index contributed by atoms with van der Waals surface area (Å²) in [4.78, 5) is 14.3. The van der Waals surface area contributed by atoms with E-state index < -0.39 is 5.82 Å². The smallest absolute Gasteiger partial charge is 0.316 e. The summed E-state index contributed by atoms with van der Waals surface area (Å²) >= 11 is 0. The zero-order chi connectivity index (χ0) is 27.3. The molecule has 39 heavy (non-hydrogen) atoms. The molecule has 0 amide bonds. The van der Waals surface area contributed by atoms with Crippen LogP contribution in [0.15, 0.2) is 24.3 Å². The van der Waals surface area contributed by atoms with Crippen LogP contribution >= 0.6 is 0 Å². The highest BCUT2D eigenvalue weighted by Gasteiger charge is 2.49. The highest BCUT2D eigenvalue weighted by atomic mass is 19.1. The number of methoxy groups -OCH3 is 1. The van der Waals surface area contributed by atoms with Gasteiger partial charge in [-0.2, -0.15) is 4.98 Å². The van der Waals surface area contributed by atoms with Gasteiger partial charge in [0.25, 0.3) is 0 Å². The van der Waals surface area contributed by atoms with Gasteiger partial charge in [0.2, 0.25) is 0 Å². The van der Waals surface area contributed by atoms with Gasteiger partial charge in [0.15, 0.2) is 0 Å². The zero-order valence-electron chi connectivity index (χ0n) is 22.8. The standard InChI is InChI=1S/C31H35FN4O3/c1-5-24-26(32)8-7-21-14-23(37)15-28(29(21)24)35-16-27-25(13-19(35)2)20(3)33-30(34-27)39-18-31-10-6-12-36(31)22(9-11-31)17-38-4/h1,7-8,14-15,19,22,37H,6,9-13,16-18H2,2-4H3. The molecule has 2 aromatic carbocycles. The molecule has 6 rings (SSSR count). The van der Waals surface area contributed by atoms with Crippen LogP contribution in [0.4, 0.5) is 10.1 Å². The number of phenolic OH excluding ortho intramolecular Hbond substituents is 1. The van der Waals surface area contributed by atoms with E-state index in [1.54, 1.807) is 25.3 Å². The van der Waals surface area contributed by atoms with Crippen LogP contribution in [-0.2, 0) is 17.7 Å². The summed E-state index contributed by atoms with van der Waals surface area (Å²) in [6, 6.07) is 7.19. The van der Waals surface area contributed by atoms with Crippen LogP contribution in [0.25, 0.3) is 10.8 Å². The molecule has 1 N–H and O–H groups in total. The summed E-state index contributed by atoms with van der Waals surface area (Å²) in [5, 5.41) is 11.8. The Hall–Kier alpha value is -3.41. The van der Waals surface area contributed by atoms with Crippen molar-refractivity contribution in [3.05, 3.63) is 52.6 Å². The predicted octanol–water partition coefficient (Wildman–Crippen LogP) is 4.74. The molecule has 204 valence electrons. The molecule has 8 heteroatoms. The molecule has 0 saturated carbocycles. The minimum absolute atomic E-state index is 0.0209. The Balaban J connectivity index is 1.31. The number of terminal acetylenes is 1. The maximum absolute atomic E-state index is 14.7. The summed E-state index contributed by atoms with van der Waals surface area (Å²) in [6.07, 6.45) is 10.9. The zero-order valence-corrected chi connectivity index (χ0v) is 22.8. The number of rotatable bonds is 6. The molecule has 0 bridgehead atoms. The average molecular weight is 531 g/mol. The number of aromatic hydroxyl groups is 1. The van der Waals surface area contributed by atoms with E-state index in [1.165, 1.54) is 12.5 Å². The highest BCUT2D eigenvalue weighted by Crippen LogP contribution is 2.43. The molecule has 1 aromatic heterocycles. The second kappa shape index (κ2) is 9.96. The Labute approximate surface area is 229 Å². The molecule has 3 aliphatic heterocycles. The van der Waals surface area contributed by atoms with Crippen LogP contribution in [0.5, 0.6) is 11.8 Å². The van der Waals surface area contributed by atoms with Crippen LogP contribution in [-0.4, -0.2) is 64.5 Å². The summed E-state index contributed by atoms with van der Waals surface area (Å²) in [5.74, 6) is 2.18. The van der Waals surface area contributed by atoms with E-state index in [0.717, 1.165) is 55.8 Å². The van der Waals surface area contributed by atoms with Crippen LogP contribution in [0.2, 0.25) is 0 Å². The van der Waals surface area contributed by atoms with Crippen molar-refractivity contribution >= 4 is 16.5 Å².